The summed E-state index contributed by atoms with van der Waals surface area (Å²) >= 11 is 2.90. The number of thiophene rings is 2. The van der Waals surface area contributed by atoms with Gasteiger partial charge in [-0.2, -0.15) is 0 Å². The van der Waals surface area contributed by atoms with E-state index in [4.69, 9.17) is 0 Å². The first-order chi connectivity index (χ1) is 13.0. The zero-order valence-electron chi connectivity index (χ0n) is 14.2. The molecular formula is C20H17NO3S3. The van der Waals surface area contributed by atoms with Gasteiger partial charge in [0.1, 0.15) is 6.10 Å². The Labute approximate surface area is 165 Å². The van der Waals surface area contributed by atoms with E-state index in [1.807, 2.05) is 60.0 Å². The van der Waals surface area contributed by atoms with Gasteiger partial charge in [0.15, 0.2) is 0 Å². The molecule has 2 aromatic carbocycles. The molecule has 0 fully saturated rings. The zero-order valence-corrected chi connectivity index (χ0v) is 16.7. The van der Waals surface area contributed by atoms with Crippen molar-refractivity contribution >= 4 is 43.5 Å². The Balaban J connectivity index is 1.49. The van der Waals surface area contributed by atoms with E-state index in [-0.39, 0.29) is 11.4 Å². The number of fused-ring (bicyclic) bond motifs is 1. The van der Waals surface area contributed by atoms with Gasteiger partial charge in [0.2, 0.25) is 10.0 Å². The van der Waals surface area contributed by atoms with Crippen molar-refractivity contribution in [1.29, 1.82) is 0 Å². The summed E-state index contributed by atoms with van der Waals surface area (Å²) < 4.78 is 27.9. The fraction of sp³-hybridized carbons (Fsp3) is 0.100. The van der Waals surface area contributed by atoms with E-state index in [2.05, 4.69) is 4.72 Å². The average molecular weight is 416 g/mol. The van der Waals surface area contributed by atoms with Crippen LogP contribution in [0.1, 0.15) is 20.7 Å². The highest BCUT2D eigenvalue weighted by atomic mass is 32.2. The lowest BCUT2D eigenvalue weighted by Crippen LogP contribution is -2.22. The molecule has 2 aromatic heterocycles. The number of aliphatic hydroxyl groups excluding tert-OH is 1. The maximum absolute atomic E-state index is 12.6. The molecular weight excluding hydrogens is 398 g/mol. The van der Waals surface area contributed by atoms with E-state index >= 15 is 0 Å². The monoisotopic (exact) mass is 415 g/mol. The van der Waals surface area contributed by atoms with Crippen molar-refractivity contribution in [3.63, 3.8) is 0 Å². The van der Waals surface area contributed by atoms with Crippen molar-refractivity contribution in [3.05, 3.63) is 86.7 Å². The van der Waals surface area contributed by atoms with E-state index in [9.17, 15) is 13.5 Å². The second kappa shape index (κ2) is 7.53. The largest absolute Gasteiger partial charge is 0.382 e. The number of nitrogens with one attached hydrogen (secondary N) is 1. The SMILES string of the molecule is O=S(=O)(NCc1ccc(C(O)c2cccs2)s1)c1ccc2ccccc2c1. The molecule has 0 saturated heterocycles. The zero-order chi connectivity index (χ0) is 18.9. The number of aliphatic hydroxyl groups is 1. The molecule has 0 spiro atoms. The Hall–Kier alpha value is -2.03. The lowest BCUT2D eigenvalue weighted by molar-refractivity contribution is 0.228. The Morgan fingerprint density at radius 3 is 2.52 bits per heavy atom. The smallest absolute Gasteiger partial charge is 0.240 e. The number of benzene rings is 2. The van der Waals surface area contributed by atoms with Gasteiger partial charge in [0.05, 0.1) is 4.90 Å². The van der Waals surface area contributed by atoms with Gasteiger partial charge in [-0.05, 0) is 46.5 Å². The van der Waals surface area contributed by atoms with Crippen LogP contribution in [-0.4, -0.2) is 13.5 Å². The molecule has 4 aromatic rings. The quantitative estimate of drug-likeness (QED) is 0.486. The molecule has 0 saturated carbocycles. The van der Waals surface area contributed by atoms with Crippen LogP contribution in [-0.2, 0) is 16.6 Å². The molecule has 0 radical (unpaired) electrons. The second-order valence-corrected chi connectivity index (χ2v) is 10.0. The number of hydrogen-bond donors (Lipinski definition) is 2. The predicted molar refractivity (Wildman–Crippen MR) is 111 cm³/mol. The molecule has 0 aliphatic carbocycles. The van der Waals surface area contributed by atoms with Gasteiger partial charge in [-0.1, -0.05) is 36.4 Å². The topological polar surface area (TPSA) is 66.4 Å². The normalized spacial score (nSPS) is 13.1. The van der Waals surface area contributed by atoms with Gasteiger partial charge in [0.25, 0.3) is 0 Å². The Bertz CT molecular complexity index is 1160. The molecule has 1 unspecified atom stereocenters. The lowest BCUT2D eigenvalue weighted by atomic mass is 10.1. The summed E-state index contributed by atoms with van der Waals surface area (Å²) in [5, 5.41) is 14.2. The standard InChI is InChI=1S/C20H17NO3S3/c22-20(18-6-3-11-25-18)19-10-8-16(26-19)13-21-27(23,24)17-9-7-14-4-1-2-5-15(14)12-17/h1-12,20-22H,13H2. The fourth-order valence-electron chi connectivity index (χ4n) is 2.81. The van der Waals surface area contributed by atoms with Crippen LogP contribution in [0.15, 0.2) is 77.0 Å². The van der Waals surface area contributed by atoms with Crippen LogP contribution in [0, 0.1) is 0 Å². The van der Waals surface area contributed by atoms with Crippen LogP contribution in [0.4, 0.5) is 0 Å². The van der Waals surface area contributed by atoms with Crippen LogP contribution in [0.25, 0.3) is 10.8 Å². The van der Waals surface area contributed by atoms with Gasteiger partial charge >= 0.3 is 0 Å². The van der Waals surface area contributed by atoms with Crippen molar-refractivity contribution in [3.8, 4) is 0 Å². The third kappa shape index (κ3) is 3.97. The Morgan fingerprint density at radius 2 is 1.74 bits per heavy atom. The highest BCUT2D eigenvalue weighted by Crippen LogP contribution is 2.31. The molecule has 0 amide bonds. The van der Waals surface area contributed by atoms with Crippen LogP contribution < -0.4 is 4.72 Å². The summed E-state index contributed by atoms with van der Waals surface area (Å²) in [4.78, 5) is 2.78. The molecule has 4 nitrogen and oxygen atoms in total. The van der Waals surface area contributed by atoms with E-state index in [0.717, 1.165) is 25.4 Å². The predicted octanol–water partition coefficient (Wildman–Crippen LogP) is 4.52. The summed E-state index contributed by atoms with van der Waals surface area (Å²) in [7, 11) is -3.61. The molecule has 4 rings (SSSR count). The van der Waals surface area contributed by atoms with E-state index in [1.165, 1.54) is 22.7 Å². The van der Waals surface area contributed by atoms with Crippen LogP contribution in [0.5, 0.6) is 0 Å². The molecule has 0 aliphatic rings. The van der Waals surface area contributed by atoms with Gasteiger partial charge in [-0.15, -0.1) is 22.7 Å². The Morgan fingerprint density at radius 1 is 0.926 bits per heavy atom. The number of hydrogen-bond acceptors (Lipinski definition) is 5. The molecule has 0 aliphatic heterocycles. The minimum atomic E-state index is -3.61. The third-order valence-electron chi connectivity index (χ3n) is 4.23. The van der Waals surface area contributed by atoms with E-state index in [0.29, 0.717) is 0 Å². The van der Waals surface area contributed by atoms with Crippen molar-refractivity contribution < 1.29 is 13.5 Å². The average Bonchev–Trinajstić information content (AvgIpc) is 3.37. The van der Waals surface area contributed by atoms with Gasteiger partial charge in [-0.25, -0.2) is 13.1 Å². The molecule has 0 bridgehead atoms. The summed E-state index contributed by atoms with van der Waals surface area (Å²) in [6, 6.07) is 20.2. The maximum Gasteiger partial charge on any atom is 0.240 e. The van der Waals surface area contributed by atoms with Crippen LogP contribution >= 0.6 is 22.7 Å². The first-order valence-corrected chi connectivity index (χ1v) is 11.5. The summed E-state index contributed by atoms with van der Waals surface area (Å²) in [5.41, 5.74) is 0. The van der Waals surface area contributed by atoms with Crippen molar-refractivity contribution in [2.24, 2.45) is 0 Å². The minimum absolute atomic E-state index is 0.191. The Kier molecular flexibility index (Phi) is 5.12. The van der Waals surface area contributed by atoms with Gasteiger partial charge in [-0.3, -0.25) is 0 Å². The maximum atomic E-state index is 12.6. The molecule has 7 heteroatoms. The number of rotatable bonds is 6. The first kappa shape index (κ1) is 18.3. The minimum Gasteiger partial charge on any atom is -0.382 e. The summed E-state index contributed by atoms with van der Waals surface area (Å²) in [5.74, 6) is 0. The van der Waals surface area contributed by atoms with Crippen LogP contribution in [0.2, 0.25) is 0 Å². The molecule has 1 atom stereocenters. The summed E-state index contributed by atoms with van der Waals surface area (Å²) in [6.07, 6.45) is -0.666. The highest BCUT2D eigenvalue weighted by molar-refractivity contribution is 7.89. The van der Waals surface area contributed by atoms with Crippen molar-refractivity contribution in [2.75, 3.05) is 0 Å². The van der Waals surface area contributed by atoms with Crippen LogP contribution in [0.3, 0.4) is 0 Å². The van der Waals surface area contributed by atoms with Crippen molar-refractivity contribution in [2.45, 2.75) is 17.5 Å². The van der Waals surface area contributed by atoms with Gasteiger partial charge in [0, 0.05) is 21.2 Å². The number of sulfonamides is 1. The molecule has 138 valence electrons. The van der Waals surface area contributed by atoms with Gasteiger partial charge < -0.3 is 5.11 Å². The highest BCUT2D eigenvalue weighted by Gasteiger charge is 2.17. The molecule has 2 heterocycles. The van der Waals surface area contributed by atoms with Crippen molar-refractivity contribution in [1.82, 2.24) is 4.72 Å². The molecule has 2 N–H and O–H groups in total. The third-order valence-corrected chi connectivity index (χ3v) is 7.69. The summed E-state index contributed by atoms with van der Waals surface area (Å²) in [6.45, 7) is 0.191. The first-order valence-electron chi connectivity index (χ1n) is 8.31. The second-order valence-electron chi connectivity index (χ2n) is 6.06. The van der Waals surface area contributed by atoms with E-state index in [1.54, 1.807) is 12.1 Å². The fourth-order valence-corrected chi connectivity index (χ4v) is 5.70. The molecule has 27 heavy (non-hydrogen) atoms. The van der Waals surface area contributed by atoms with E-state index < -0.39 is 16.1 Å². The lowest BCUT2D eigenvalue weighted by Gasteiger charge is -2.07.